The van der Waals surface area contributed by atoms with Gasteiger partial charge in [0, 0.05) is 17.6 Å². The summed E-state index contributed by atoms with van der Waals surface area (Å²) < 4.78 is 11.5. The van der Waals surface area contributed by atoms with Gasteiger partial charge in [-0.15, -0.1) is 0 Å². The average Bonchev–Trinajstić information content (AvgIpc) is 2.70. The van der Waals surface area contributed by atoms with E-state index in [4.69, 9.17) is 21.1 Å². The number of carboxylic acids is 1. The van der Waals surface area contributed by atoms with Crippen LogP contribution in [0.2, 0.25) is 5.02 Å². The topological polar surface area (TPSA) is 97.8 Å². The molecule has 0 fully saturated rings. The van der Waals surface area contributed by atoms with E-state index >= 15 is 0 Å². The van der Waals surface area contributed by atoms with E-state index in [9.17, 15) is 14.7 Å². The number of nitrogens with one attached hydrogen (secondary N) is 1. The Hall–Kier alpha value is -3.32. The van der Waals surface area contributed by atoms with Crippen molar-refractivity contribution in [1.29, 1.82) is 0 Å². The lowest BCUT2D eigenvalue weighted by Gasteiger charge is -2.22. The summed E-state index contributed by atoms with van der Waals surface area (Å²) in [6.45, 7) is 3.19. The molecule has 2 N–H and O–H groups in total. The maximum absolute atomic E-state index is 12.8. The highest BCUT2D eigenvalue weighted by Gasteiger charge is 2.30. The molecule has 0 aliphatic carbocycles. The monoisotopic (exact) mass is 428 g/mol. The zero-order valence-corrected chi connectivity index (χ0v) is 17.3. The van der Waals surface area contributed by atoms with Crippen molar-refractivity contribution in [2.75, 3.05) is 13.2 Å². The molecule has 7 nitrogen and oxygen atoms in total. The average molecular weight is 429 g/mol. The highest BCUT2D eigenvalue weighted by molar-refractivity contribution is 6.30. The highest BCUT2D eigenvalue weighted by Crippen LogP contribution is 2.30. The van der Waals surface area contributed by atoms with Crippen molar-refractivity contribution >= 4 is 34.2 Å². The summed E-state index contributed by atoms with van der Waals surface area (Å²) in [5.74, 6) is -0.810. The van der Waals surface area contributed by atoms with E-state index in [1.54, 1.807) is 18.2 Å². The minimum absolute atomic E-state index is 0.156. The van der Waals surface area contributed by atoms with Crippen LogP contribution in [0.5, 0.6) is 11.5 Å². The molecule has 3 aromatic rings. The second-order valence-corrected chi connectivity index (χ2v) is 7.52. The van der Waals surface area contributed by atoms with Gasteiger partial charge in [-0.2, -0.15) is 0 Å². The molecule has 0 unspecified atom stereocenters. The van der Waals surface area contributed by atoms with E-state index in [1.807, 2.05) is 24.3 Å². The van der Waals surface area contributed by atoms with Gasteiger partial charge in [-0.05, 0) is 25.3 Å². The van der Waals surface area contributed by atoms with Gasteiger partial charge in [0.1, 0.15) is 30.3 Å². The van der Waals surface area contributed by atoms with Gasteiger partial charge in [-0.3, -0.25) is 9.78 Å². The van der Waals surface area contributed by atoms with Crippen LogP contribution in [0, 0.1) is 0 Å². The highest BCUT2D eigenvalue weighted by atomic mass is 35.5. The van der Waals surface area contributed by atoms with Crippen LogP contribution in [0.4, 0.5) is 0 Å². The largest absolute Gasteiger partial charge is 0.489 e. The SMILES string of the molecule is CC(C)(NC(=O)c1ccc2ccccc2c1OCCOc1cncc(Cl)c1)C(=O)O. The number of carboxylic acid groups (broad SMARTS) is 1. The van der Waals surface area contributed by atoms with Crippen LogP contribution in [0.1, 0.15) is 24.2 Å². The minimum Gasteiger partial charge on any atom is -0.489 e. The number of carbonyl (C=O) groups is 2. The quantitative estimate of drug-likeness (QED) is 0.527. The van der Waals surface area contributed by atoms with E-state index in [0.717, 1.165) is 10.8 Å². The Labute approximate surface area is 178 Å². The van der Waals surface area contributed by atoms with Gasteiger partial charge in [0.25, 0.3) is 5.91 Å². The normalized spacial score (nSPS) is 11.2. The number of fused-ring (bicyclic) bond motifs is 1. The Morgan fingerprint density at radius 1 is 1.10 bits per heavy atom. The first kappa shape index (κ1) is 21.4. The molecular weight excluding hydrogens is 408 g/mol. The molecule has 2 aromatic carbocycles. The van der Waals surface area contributed by atoms with Crippen molar-refractivity contribution in [3.05, 3.63) is 65.4 Å². The zero-order valence-electron chi connectivity index (χ0n) is 16.5. The summed E-state index contributed by atoms with van der Waals surface area (Å²) in [6.07, 6.45) is 3.04. The minimum atomic E-state index is -1.43. The van der Waals surface area contributed by atoms with Crippen LogP contribution >= 0.6 is 11.6 Å². The van der Waals surface area contributed by atoms with E-state index in [1.165, 1.54) is 26.2 Å². The van der Waals surface area contributed by atoms with Crippen molar-refractivity contribution in [1.82, 2.24) is 10.3 Å². The number of carbonyl (C=O) groups excluding carboxylic acids is 1. The van der Waals surface area contributed by atoms with Crippen LogP contribution in [0.15, 0.2) is 54.9 Å². The Morgan fingerprint density at radius 2 is 1.83 bits per heavy atom. The molecule has 0 bridgehead atoms. The van der Waals surface area contributed by atoms with Crippen molar-refractivity contribution in [2.24, 2.45) is 0 Å². The number of halogens is 1. The van der Waals surface area contributed by atoms with Gasteiger partial charge in [0.2, 0.25) is 0 Å². The van der Waals surface area contributed by atoms with Gasteiger partial charge in [-0.1, -0.05) is 41.9 Å². The van der Waals surface area contributed by atoms with E-state index in [-0.39, 0.29) is 18.8 Å². The zero-order chi connectivity index (χ0) is 21.7. The second kappa shape index (κ2) is 9.00. The van der Waals surface area contributed by atoms with Crippen LogP contribution in [-0.2, 0) is 4.79 Å². The smallest absolute Gasteiger partial charge is 0.328 e. The fraction of sp³-hybridized carbons (Fsp3) is 0.227. The Morgan fingerprint density at radius 3 is 2.57 bits per heavy atom. The summed E-state index contributed by atoms with van der Waals surface area (Å²) >= 11 is 5.89. The molecule has 0 aliphatic heterocycles. The number of amides is 1. The van der Waals surface area contributed by atoms with E-state index < -0.39 is 17.4 Å². The first-order valence-electron chi connectivity index (χ1n) is 9.22. The first-order valence-corrected chi connectivity index (χ1v) is 9.59. The number of hydrogen-bond acceptors (Lipinski definition) is 5. The third-order valence-electron chi connectivity index (χ3n) is 4.36. The maximum Gasteiger partial charge on any atom is 0.328 e. The molecule has 0 spiro atoms. The lowest BCUT2D eigenvalue weighted by molar-refractivity contribution is -0.143. The lowest BCUT2D eigenvalue weighted by atomic mass is 10.0. The molecule has 3 rings (SSSR count). The molecular formula is C22H21ClN2O5. The van der Waals surface area contributed by atoms with E-state index in [2.05, 4.69) is 10.3 Å². The third-order valence-corrected chi connectivity index (χ3v) is 4.57. The lowest BCUT2D eigenvalue weighted by Crippen LogP contribution is -2.49. The summed E-state index contributed by atoms with van der Waals surface area (Å²) in [7, 11) is 0. The first-order chi connectivity index (χ1) is 14.3. The van der Waals surface area contributed by atoms with Crippen molar-refractivity contribution < 1.29 is 24.2 Å². The van der Waals surface area contributed by atoms with Gasteiger partial charge in [-0.25, -0.2) is 4.79 Å². The number of nitrogens with zero attached hydrogens (tertiary/aromatic N) is 1. The molecule has 1 amide bonds. The van der Waals surface area contributed by atoms with E-state index in [0.29, 0.717) is 16.5 Å². The van der Waals surface area contributed by atoms with Gasteiger partial charge < -0.3 is 19.9 Å². The van der Waals surface area contributed by atoms with Gasteiger partial charge >= 0.3 is 5.97 Å². The molecule has 0 saturated carbocycles. The van der Waals surface area contributed by atoms with Crippen molar-refractivity contribution in [3.8, 4) is 11.5 Å². The number of aromatic nitrogens is 1. The number of ether oxygens (including phenoxy) is 2. The Balaban J connectivity index is 1.81. The fourth-order valence-corrected chi connectivity index (χ4v) is 2.92. The summed E-state index contributed by atoms with van der Waals surface area (Å²) in [5.41, 5.74) is -1.18. The number of pyridine rings is 1. The molecule has 30 heavy (non-hydrogen) atoms. The summed E-state index contributed by atoms with van der Waals surface area (Å²) in [4.78, 5) is 28.1. The molecule has 0 aliphatic rings. The molecule has 0 atom stereocenters. The maximum atomic E-state index is 12.8. The van der Waals surface area contributed by atoms with Crippen LogP contribution in [0.25, 0.3) is 10.8 Å². The molecule has 156 valence electrons. The number of aliphatic carboxylic acids is 1. The molecule has 8 heteroatoms. The second-order valence-electron chi connectivity index (χ2n) is 7.08. The number of benzene rings is 2. The summed E-state index contributed by atoms with van der Waals surface area (Å²) in [5, 5.41) is 13.9. The predicted molar refractivity (Wildman–Crippen MR) is 113 cm³/mol. The number of hydrogen-bond donors (Lipinski definition) is 2. The predicted octanol–water partition coefficient (Wildman–Crippen LogP) is 3.94. The molecule has 0 radical (unpaired) electrons. The third kappa shape index (κ3) is 4.99. The van der Waals surface area contributed by atoms with Crippen LogP contribution in [0.3, 0.4) is 0 Å². The van der Waals surface area contributed by atoms with Crippen LogP contribution in [-0.4, -0.2) is 40.7 Å². The van der Waals surface area contributed by atoms with Gasteiger partial charge in [0.05, 0.1) is 16.8 Å². The van der Waals surface area contributed by atoms with Gasteiger partial charge in [0.15, 0.2) is 0 Å². The molecule has 1 heterocycles. The number of rotatable bonds is 8. The fourth-order valence-electron chi connectivity index (χ4n) is 2.76. The Bertz CT molecular complexity index is 1080. The molecule has 1 aromatic heterocycles. The summed E-state index contributed by atoms with van der Waals surface area (Å²) in [6, 6.07) is 12.5. The molecule has 0 saturated heterocycles. The van der Waals surface area contributed by atoms with Crippen molar-refractivity contribution in [2.45, 2.75) is 19.4 Å². The van der Waals surface area contributed by atoms with Crippen molar-refractivity contribution in [3.63, 3.8) is 0 Å². The van der Waals surface area contributed by atoms with Crippen LogP contribution < -0.4 is 14.8 Å². The Kier molecular flexibility index (Phi) is 6.42. The standard InChI is InChI=1S/C22H21ClN2O5/c1-22(2,21(27)28)25-20(26)18-8-7-14-5-3-4-6-17(14)19(18)30-10-9-29-16-11-15(23)12-24-13-16/h3-8,11-13H,9-10H2,1-2H3,(H,25,26)(H,27,28).